The molecule has 0 saturated heterocycles. The first-order valence-electron chi connectivity index (χ1n) is 6.65. The van der Waals surface area contributed by atoms with Crippen LogP contribution in [0.5, 0.6) is 0 Å². The average Bonchev–Trinajstić information content (AvgIpc) is 3.07. The Hall–Kier alpha value is -2.17. The van der Waals surface area contributed by atoms with Crippen molar-refractivity contribution in [3.05, 3.63) is 42.0 Å². The van der Waals surface area contributed by atoms with Crippen LogP contribution in [0.3, 0.4) is 0 Å². The Balaban J connectivity index is 1.80. The van der Waals surface area contributed by atoms with Crippen LogP contribution in [-0.2, 0) is 17.8 Å². The molecule has 3 rings (SSSR count). The van der Waals surface area contributed by atoms with E-state index in [0.29, 0.717) is 0 Å². The Morgan fingerprint density at radius 1 is 1.40 bits per heavy atom. The highest BCUT2D eigenvalue weighted by atomic mass is 19.1. The topological polar surface area (TPSA) is 55.1 Å². The van der Waals surface area contributed by atoms with E-state index in [4.69, 9.17) is 5.11 Å². The Bertz CT molecular complexity index is 647. The van der Waals surface area contributed by atoms with Crippen molar-refractivity contribution in [2.45, 2.75) is 25.8 Å². The summed E-state index contributed by atoms with van der Waals surface area (Å²) in [6.07, 6.45) is 5.84. The Kier molecular flexibility index (Phi) is 3.26. The van der Waals surface area contributed by atoms with Crippen LogP contribution in [0.25, 0.3) is 11.1 Å². The summed E-state index contributed by atoms with van der Waals surface area (Å²) in [5.41, 5.74) is 1.77. The van der Waals surface area contributed by atoms with Crippen molar-refractivity contribution in [3.8, 4) is 11.1 Å². The maximum Gasteiger partial charge on any atom is 0.307 e. The van der Waals surface area contributed by atoms with Crippen molar-refractivity contribution in [1.29, 1.82) is 0 Å². The number of hydrogen-bond acceptors (Lipinski definition) is 2. The number of halogens is 1. The van der Waals surface area contributed by atoms with Crippen molar-refractivity contribution in [3.63, 3.8) is 0 Å². The van der Waals surface area contributed by atoms with Gasteiger partial charge in [0, 0.05) is 18.3 Å². The Labute approximate surface area is 115 Å². The van der Waals surface area contributed by atoms with Gasteiger partial charge >= 0.3 is 5.97 Å². The minimum absolute atomic E-state index is 0.201. The zero-order chi connectivity index (χ0) is 14.1. The molecule has 0 radical (unpaired) electrons. The van der Waals surface area contributed by atoms with Crippen molar-refractivity contribution in [2.75, 3.05) is 0 Å². The van der Waals surface area contributed by atoms with Crippen LogP contribution in [0.2, 0.25) is 0 Å². The summed E-state index contributed by atoms with van der Waals surface area (Å²) in [5.74, 6) is -0.786. The fraction of sp³-hybridized carbons (Fsp3) is 0.333. The molecule has 1 aliphatic rings. The Morgan fingerprint density at radius 2 is 2.20 bits per heavy atom. The number of aliphatic carboxylic acids is 1. The number of carbonyl (C=O) groups is 1. The van der Waals surface area contributed by atoms with E-state index in [1.165, 1.54) is 25.0 Å². The first-order chi connectivity index (χ1) is 9.61. The van der Waals surface area contributed by atoms with Gasteiger partial charge in [0.2, 0.25) is 0 Å². The lowest BCUT2D eigenvalue weighted by Gasteiger charge is -2.03. The largest absolute Gasteiger partial charge is 0.481 e. The smallest absolute Gasteiger partial charge is 0.307 e. The van der Waals surface area contributed by atoms with E-state index in [1.54, 1.807) is 12.3 Å². The number of hydrogen-bond donors (Lipinski definition) is 1. The first-order valence-corrected chi connectivity index (χ1v) is 6.65. The molecule has 5 heteroatoms. The average molecular weight is 274 g/mol. The lowest BCUT2D eigenvalue weighted by Crippen LogP contribution is -2.02. The fourth-order valence-corrected chi connectivity index (χ4v) is 2.21. The summed E-state index contributed by atoms with van der Waals surface area (Å²) in [4.78, 5) is 10.6. The van der Waals surface area contributed by atoms with Crippen molar-refractivity contribution in [1.82, 2.24) is 9.78 Å². The van der Waals surface area contributed by atoms with Gasteiger partial charge in [-0.1, -0.05) is 12.1 Å². The normalized spacial score (nSPS) is 14.4. The van der Waals surface area contributed by atoms with E-state index in [1.807, 2.05) is 10.9 Å². The lowest BCUT2D eigenvalue weighted by molar-refractivity contribution is -0.136. The molecule has 1 aromatic heterocycles. The molecule has 0 amide bonds. The van der Waals surface area contributed by atoms with Crippen molar-refractivity contribution >= 4 is 5.97 Å². The van der Waals surface area contributed by atoms with E-state index in [0.717, 1.165) is 23.6 Å². The summed E-state index contributed by atoms with van der Waals surface area (Å²) >= 11 is 0. The summed E-state index contributed by atoms with van der Waals surface area (Å²) in [6, 6.07) is 4.63. The molecule has 0 aliphatic heterocycles. The van der Waals surface area contributed by atoms with E-state index < -0.39 is 11.8 Å². The SMILES string of the molecule is O=C(O)Cc1ccc(-c2cnn(CC3CC3)c2)cc1F. The van der Waals surface area contributed by atoms with Gasteiger partial charge in [0.1, 0.15) is 5.82 Å². The van der Waals surface area contributed by atoms with Gasteiger partial charge in [0.25, 0.3) is 0 Å². The third-order valence-electron chi connectivity index (χ3n) is 3.50. The maximum atomic E-state index is 13.8. The molecular formula is C15H15FN2O2. The highest BCUT2D eigenvalue weighted by Gasteiger charge is 2.22. The standard InChI is InChI=1S/C15H15FN2O2/c16-14-5-11(3-4-12(14)6-15(19)20)13-7-17-18(9-13)8-10-1-2-10/h3-5,7,9-10H,1-2,6,8H2,(H,19,20). The van der Waals surface area contributed by atoms with Crippen LogP contribution in [-0.4, -0.2) is 20.9 Å². The first kappa shape index (κ1) is 12.8. The highest BCUT2D eigenvalue weighted by Crippen LogP contribution is 2.31. The predicted octanol–water partition coefficient (Wildman–Crippen LogP) is 2.73. The van der Waals surface area contributed by atoms with Crippen LogP contribution in [0.4, 0.5) is 4.39 Å². The van der Waals surface area contributed by atoms with Crippen LogP contribution < -0.4 is 0 Å². The van der Waals surface area contributed by atoms with Gasteiger partial charge in [0.15, 0.2) is 0 Å². The van der Waals surface area contributed by atoms with Gasteiger partial charge in [-0.2, -0.15) is 5.10 Å². The number of benzene rings is 1. The molecule has 20 heavy (non-hydrogen) atoms. The van der Waals surface area contributed by atoms with Gasteiger partial charge < -0.3 is 5.11 Å². The molecule has 1 heterocycles. The van der Waals surface area contributed by atoms with E-state index in [2.05, 4.69) is 5.10 Å². The molecule has 2 aromatic rings. The molecule has 1 saturated carbocycles. The van der Waals surface area contributed by atoms with Gasteiger partial charge in [-0.3, -0.25) is 9.48 Å². The highest BCUT2D eigenvalue weighted by molar-refractivity contribution is 5.71. The molecular weight excluding hydrogens is 259 g/mol. The quantitative estimate of drug-likeness (QED) is 0.912. The van der Waals surface area contributed by atoms with Gasteiger partial charge in [-0.15, -0.1) is 0 Å². The van der Waals surface area contributed by atoms with Crippen LogP contribution in [0.1, 0.15) is 18.4 Å². The molecule has 1 fully saturated rings. The second-order valence-corrected chi connectivity index (χ2v) is 5.27. The summed E-state index contributed by atoms with van der Waals surface area (Å²) in [6.45, 7) is 0.916. The number of carboxylic acid groups (broad SMARTS) is 1. The minimum atomic E-state index is -1.03. The molecule has 0 spiro atoms. The molecule has 104 valence electrons. The summed E-state index contributed by atoms with van der Waals surface area (Å²) in [5, 5.41) is 13.0. The van der Waals surface area contributed by atoms with Gasteiger partial charge in [-0.05, 0) is 36.0 Å². The van der Waals surface area contributed by atoms with Crippen molar-refractivity contribution < 1.29 is 14.3 Å². The number of nitrogens with zero attached hydrogens (tertiary/aromatic N) is 2. The number of aromatic nitrogens is 2. The Morgan fingerprint density at radius 3 is 2.85 bits per heavy atom. The van der Waals surface area contributed by atoms with Crippen LogP contribution >= 0.6 is 0 Å². The van der Waals surface area contributed by atoms with E-state index in [-0.39, 0.29) is 12.0 Å². The maximum absolute atomic E-state index is 13.8. The third-order valence-corrected chi connectivity index (χ3v) is 3.50. The molecule has 0 atom stereocenters. The monoisotopic (exact) mass is 274 g/mol. The fourth-order valence-electron chi connectivity index (χ4n) is 2.21. The van der Waals surface area contributed by atoms with Crippen molar-refractivity contribution in [2.24, 2.45) is 5.92 Å². The second-order valence-electron chi connectivity index (χ2n) is 5.27. The molecule has 1 N–H and O–H groups in total. The zero-order valence-corrected chi connectivity index (χ0v) is 10.9. The van der Waals surface area contributed by atoms with Crippen LogP contribution in [0, 0.1) is 11.7 Å². The summed E-state index contributed by atoms with van der Waals surface area (Å²) < 4.78 is 15.7. The van der Waals surface area contributed by atoms with E-state index >= 15 is 0 Å². The predicted molar refractivity (Wildman–Crippen MR) is 71.7 cm³/mol. The van der Waals surface area contributed by atoms with E-state index in [9.17, 15) is 9.18 Å². The second kappa shape index (κ2) is 5.07. The third kappa shape index (κ3) is 2.87. The number of rotatable bonds is 5. The zero-order valence-electron chi connectivity index (χ0n) is 10.9. The van der Waals surface area contributed by atoms with Crippen LogP contribution in [0.15, 0.2) is 30.6 Å². The molecule has 0 unspecified atom stereocenters. The molecule has 4 nitrogen and oxygen atoms in total. The number of carboxylic acids is 1. The van der Waals surface area contributed by atoms with Gasteiger partial charge in [-0.25, -0.2) is 4.39 Å². The van der Waals surface area contributed by atoms with Gasteiger partial charge in [0.05, 0.1) is 12.6 Å². The minimum Gasteiger partial charge on any atom is -0.481 e. The molecule has 0 bridgehead atoms. The lowest BCUT2D eigenvalue weighted by atomic mass is 10.0. The molecule has 1 aliphatic carbocycles. The molecule has 1 aromatic carbocycles. The summed E-state index contributed by atoms with van der Waals surface area (Å²) in [7, 11) is 0.